The van der Waals surface area contributed by atoms with E-state index in [1.807, 2.05) is 0 Å². The first kappa shape index (κ1) is 23.0. The Bertz CT molecular complexity index is 891. The third-order valence-corrected chi connectivity index (χ3v) is 7.52. The molecule has 0 aliphatic carbocycles. The van der Waals surface area contributed by atoms with E-state index in [2.05, 4.69) is 0 Å². The SMILES string of the molecule is CC1CN(S(=O)(=O)c2cc(C(=O)OCC(=O)N3CCCCC3)ccc2Cl)CC(C)O1. The molecule has 2 unspecified atom stereocenters. The molecule has 2 saturated heterocycles. The van der Waals surface area contributed by atoms with Gasteiger partial charge in [-0.15, -0.1) is 0 Å². The average molecular weight is 459 g/mol. The Morgan fingerprint density at radius 2 is 1.77 bits per heavy atom. The van der Waals surface area contributed by atoms with Gasteiger partial charge in [-0.25, -0.2) is 13.2 Å². The summed E-state index contributed by atoms with van der Waals surface area (Å²) in [5, 5.41) is 0.0164. The van der Waals surface area contributed by atoms with Crippen LogP contribution in [0.3, 0.4) is 0 Å². The van der Waals surface area contributed by atoms with Crippen LogP contribution in [0.15, 0.2) is 23.1 Å². The number of carbonyl (C=O) groups is 2. The van der Waals surface area contributed by atoms with Crippen molar-refractivity contribution in [1.29, 1.82) is 0 Å². The summed E-state index contributed by atoms with van der Waals surface area (Å²) in [4.78, 5) is 26.1. The largest absolute Gasteiger partial charge is 0.452 e. The number of carbonyl (C=O) groups excluding carboxylic acids is 2. The van der Waals surface area contributed by atoms with Crippen molar-refractivity contribution in [2.24, 2.45) is 0 Å². The number of hydrogen-bond donors (Lipinski definition) is 0. The molecule has 30 heavy (non-hydrogen) atoms. The number of esters is 1. The van der Waals surface area contributed by atoms with Gasteiger partial charge >= 0.3 is 5.97 Å². The lowest BCUT2D eigenvalue weighted by molar-refractivity contribution is -0.135. The van der Waals surface area contributed by atoms with E-state index >= 15 is 0 Å². The van der Waals surface area contributed by atoms with E-state index in [0.717, 1.165) is 19.3 Å². The Labute approximate surface area is 182 Å². The van der Waals surface area contributed by atoms with Crippen molar-refractivity contribution in [1.82, 2.24) is 9.21 Å². The van der Waals surface area contributed by atoms with Crippen molar-refractivity contribution in [3.8, 4) is 0 Å². The summed E-state index contributed by atoms with van der Waals surface area (Å²) in [7, 11) is -3.92. The molecule has 166 valence electrons. The van der Waals surface area contributed by atoms with Gasteiger partial charge in [-0.3, -0.25) is 4.79 Å². The number of sulfonamides is 1. The van der Waals surface area contributed by atoms with E-state index in [1.54, 1.807) is 18.7 Å². The third-order valence-electron chi connectivity index (χ3n) is 5.21. The maximum Gasteiger partial charge on any atom is 0.338 e. The molecule has 1 amide bonds. The van der Waals surface area contributed by atoms with E-state index in [-0.39, 0.29) is 53.3 Å². The summed E-state index contributed by atoms with van der Waals surface area (Å²) < 4.78 is 38.3. The molecule has 0 saturated carbocycles. The molecule has 2 atom stereocenters. The van der Waals surface area contributed by atoms with Crippen LogP contribution in [-0.4, -0.2) is 74.5 Å². The van der Waals surface area contributed by atoms with Gasteiger partial charge in [0.05, 0.1) is 22.8 Å². The van der Waals surface area contributed by atoms with Gasteiger partial charge in [0.2, 0.25) is 10.0 Å². The molecule has 10 heteroatoms. The lowest BCUT2D eigenvalue weighted by Gasteiger charge is -2.34. The van der Waals surface area contributed by atoms with Crippen molar-refractivity contribution >= 4 is 33.5 Å². The lowest BCUT2D eigenvalue weighted by Crippen LogP contribution is -2.48. The molecule has 2 aliphatic rings. The maximum absolute atomic E-state index is 13.1. The highest BCUT2D eigenvalue weighted by Gasteiger charge is 2.34. The number of morpholine rings is 1. The van der Waals surface area contributed by atoms with E-state index in [4.69, 9.17) is 21.1 Å². The number of nitrogens with zero attached hydrogens (tertiary/aromatic N) is 2. The monoisotopic (exact) mass is 458 g/mol. The smallest absolute Gasteiger partial charge is 0.338 e. The van der Waals surface area contributed by atoms with Crippen LogP contribution in [0.2, 0.25) is 5.02 Å². The highest BCUT2D eigenvalue weighted by molar-refractivity contribution is 7.89. The Morgan fingerprint density at radius 3 is 2.40 bits per heavy atom. The predicted molar refractivity (Wildman–Crippen MR) is 111 cm³/mol. The number of likely N-dealkylation sites (tertiary alicyclic amines) is 1. The molecule has 2 fully saturated rings. The highest BCUT2D eigenvalue weighted by Crippen LogP contribution is 2.28. The molecular formula is C20H27ClN2O6S. The summed E-state index contributed by atoms with van der Waals surface area (Å²) in [5.74, 6) is -1.02. The Hall–Kier alpha value is -1.68. The van der Waals surface area contributed by atoms with E-state index in [1.165, 1.54) is 22.5 Å². The number of amides is 1. The molecule has 0 spiro atoms. The van der Waals surface area contributed by atoms with Gasteiger partial charge in [0, 0.05) is 26.2 Å². The Kier molecular flexibility index (Phi) is 7.38. The summed E-state index contributed by atoms with van der Waals surface area (Å²) >= 11 is 6.16. The molecule has 2 aliphatic heterocycles. The molecule has 0 N–H and O–H groups in total. The fraction of sp³-hybridized carbons (Fsp3) is 0.600. The Morgan fingerprint density at radius 1 is 1.13 bits per heavy atom. The van der Waals surface area contributed by atoms with Crippen LogP contribution in [0.1, 0.15) is 43.5 Å². The molecule has 1 aromatic rings. The first-order valence-corrected chi connectivity index (χ1v) is 11.9. The zero-order chi connectivity index (χ0) is 21.9. The average Bonchev–Trinajstić information content (AvgIpc) is 2.72. The molecule has 0 bridgehead atoms. The predicted octanol–water partition coefficient (Wildman–Crippen LogP) is 2.31. The standard InChI is InChI=1S/C20H27ClN2O6S/c1-14-11-23(12-15(2)29-14)30(26,27)18-10-16(6-7-17(18)21)20(25)28-13-19(24)22-8-4-3-5-9-22/h6-7,10,14-15H,3-5,8-9,11-13H2,1-2H3. The Balaban J connectivity index is 1.72. The topological polar surface area (TPSA) is 93.2 Å². The molecule has 8 nitrogen and oxygen atoms in total. The highest BCUT2D eigenvalue weighted by atomic mass is 35.5. The second-order valence-corrected chi connectivity index (χ2v) is 10.1. The fourth-order valence-corrected chi connectivity index (χ4v) is 5.83. The van der Waals surface area contributed by atoms with Gasteiger partial charge in [-0.1, -0.05) is 11.6 Å². The van der Waals surface area contributed by atoms with E-state index < -0.39 is 16.0 Å². The number of halogens is 1. The van der Waals surface area contributed by atoms with E-state index in [0.29, 0.717) is 13.1 Å². The zero-order valence-corrected chi connectivity index (χ0v) is 18.7. The fourth-order valence-electron chi connectivity index (χ4n) is 3.74. The van der Waals surface area contributed by atoms with Gasteiger partial charge < -0.3 is 14.4 Å². The van der Waals surface area contributed by atoms with Crippen molar-refractivity contribution in [2.75, 3.05) is 32.8 Å². The van der Waals surface area contributed by atoms with Crippen LogP contribution in [-0.2, 0) is 24.3 Å². The zero-order valence-electron chi connectivity index (χ0n) is 17.2. The third kappa shape index (κ3) is 5.32. The van der Waals surface area contributed by atoms with Crippen molar-refractivity contribution in [3.63, 3.8) is 0 Å². The first-order valence-electron chi connectivity index (χ1n) is 10.1. The molecule has 2 heterocycles. The summed E-state index contributed by atoms with van der Waals surface area (Å²) in [5.41, 5.74) is 0.0266. The van der Waals surface area contributed by atoms with Crippen LogP contribution in [0.25, 0.3) is 0 Å². The number of ether oxygens (including phenoxy) is 2. The molecule has 0 aromatic heterocycles. The molecular weight excluding hydrogens is 432 g/mol. The molecule has 1 aromatic carbocycles. The van der Waals surface area contributed by atoms with Crippen LogP contribution in [0, 0.1) is 0 Å². The van der Waals surface area contributed by atoms with Crippen LogP contribution < -0.4 is 0 Å². The number of piperidine rings is 1. The first-order chi connectivity index (χ1) is 14.2. The van der Waals surface area contributed by atoms with Crippen LogP contribution in [0.4, 0.5) is 0 Å². The van der Waals surface area contributed by atoms with Gasteiger partial charge in [0.1, 0.15) is 4.90 Å². The minimum absolute atomic E-state index is 0.0164. The van der Waals surface area contributed by atoms with Crippen LogP contribution in [0.5, 0.6) is 0 Å². The molecule has 0 radical (unpaired) electrons. The molecule has 3 rings (SSSR count). The van der Waals surface area contributed by atoms with Gasteiger partial charge in [-0.2, -0.15) is 4.31 Å². The van der Waals surface area contributed by atoms with Crippen LogP contribution >= 0.6 is 11.6 Å². The van der Waals surface area contributed by atoms with Gasteiger partial charge in [0.15, 0.2) is 6.61 Å². The summed E-state index contributed by atoms with van der Waals surface area (Å²) in [6, 6.07) is 3.95. The van der Waals surface area contributed by atoms with E-state index in [9.17, 15) is 18.0 Å². The summed E-state index contributed by atoms with van der Waals surface area (Å²) in [6.45, 7) is 4.94. The van der Waals surface area contributed by atoms with Gasteiger partial charge in [0.25, 0.3) is 5.91 Å². The second kappa shape index (κ2) is 9.64. The quantitative estimate of drug-likeness (QED) is 0.628. The lowest BCUT2D eigenvalue weighted by atomic mass is 10.1. The van der Waals surface area contributed by atoms with Crippen molar-refractivity contribution in [2.45, 2.75) is 50.2 Å². The minimum atomic E-state index is -3.92. The van der Waals surface area contributed by atoms with Crippen molar-refractivity contribution in [3.05, 3.63) is 28.8 Å². The number of hydrogen-bond acceptors (Lipinski definition) is 6. The second-order valence-electron chi connectivity index (χ2n) is 7.74. The minimum Gasteiger partial charge on any atom is -0.452 e. The number of benzene rings is 1. The normalized spacial score (nSPS) is 23.2. The van der Waals surface area contributed by atoms with Gasteiger partial charge in [-0.05, 0) is 51.3 Å². The summed E-state index contributed by atoms with van der Waals surface area (Å²) in [6.07, 6.45) is 2.47. The maximum atomic E-state index is 13.1. The van der Waals surface area contributed by atoms with Crippen molar-refractivity contribution < 1.29 is 27.5 Å². The number of rotatable bonds is 5.